The molecule has 1 aromatic heterocycles. The average Bonchev–Trinajstić information content (AvgIpc) is 2.96. The minimum absolute atomic E-state index is 0.125. The molecule has 20 heavy (non-hydrogen) atoms. The monoisotopic (exact) mass is 299 g/mol. The summed E-state index contributed by atoms with van der Waals surface area (Å²) in [6, 6.07) is 2.56. The van der Waals surface area contributed by atoms with Crippen LogP contribution in [0.3, 0.4) is 0 Å². The number of ether oxygens (including phenoxy) is 1. The number of thioether (sulfide) groups is 1. The van der Waals surface area contributed by atoms with Gasteiger partial charge in [-0.3, -0.25) is 19.7 Å². The van der Waals surface area contributed by atoms with Crippen LogP contribution in [-0.4, -0.2) is 47.4 Å². The first kappa shape index (κ1) is 16.3. The number of H-pyrrole nitrogens is 1. The van der Waals surface area contributed by atoms with E-state index in [2.05, 4.69) is 15.0 Å². The molecule has 0 aromatic carbocycles. The van der Waals surface area contributed by atoms with Crippen LogP contribution in [0.15, 0.2) is 18.3 Å². The molecule has 1 rings (SSSR count). The number of esters is 1. The van der Waals surface area contributed by atoms with Gasteiger partial charge in [-0.1, -0.05) is 0 Å². The van der Waals surface area contributed by atoms with Gasteiger partial charge in [0.2, 0.25) is 5.91 Å². The molecule has 8 heteroatoms. The maximum absolute atomic E-state index is 11.5. The van der Waals surface area contributed by atoms with E-state index in [1.807, 2.05) is 0 Å². The maximum atomic E-state index is 11.5. The van der Waals surface area contributed by atoms with E-state index in [0.717, 1.165) is 0 Å². The molecule has 4 N–H and O–H groups in total. The first-order chi connectivity index (χ1) is 9.54. The summed E-state index contributed by atoms with van der Waals surface area (Å²) in [4.78, 5) is 36.8. The number of rotatable bonds is 7. The molecule has 7 nitrogen and oxygen atoms in total. The summed E-state index contributed by atoms with van der Waals surface area (Å²) in [5, 5.41) is 2.25. The Hall–Kier alpha value is -1.80. The Kier molecular flexibility index (Phi) is 6.82. The second kappa shape index (κ2) is 8.39. The van der Waals surface area contributed by atoms with E-state index in [0.29, 0.717) is 17.9 Å². The molecule has 0 bridgehead atoms. The first-order valence-electron chi connectivity index (χ1n) is 5.93. The number of aromatic amines is 1. The molecular weight excluding hydrogens is 282 g/mol. The molecule has 0 saturated carbocycles. The van der Waals surface area contributed by atoms with E-state index in [9.17, 15) is 14.4 Å². The second-order valence-corrected chi connectivity index (χ2v) is 5.04. The molecule has 1 aromatic rings. The van der Waals surface area contributed by atoms with Gasteiger partial charge in [0.1, 0.15) is 11.7 Å². The van der Waals surface area contributed by atoms with Crippen LogP contribution < -0.4 is 11.1 Å². The van der Waals surface area contributed by atoms with E-state index in [1.54, 1.807) is 18.3 Å². The number of aromatic nitrogens is 1. The zero-order valence-corrected chi connectivity index (χ0v) is 11.9. The van der Waals surface area contributed by atoms with Crippen LogP contribution >= 0.6 is 11.8 Å². The zero-order valence-electron chi connectivity index (χ0n) is 11.0. The summed E-state index contributed by atoms with van der Waals surface area (Å²) in [6.45, 7) is 0. The van der Waals surface area contributed by atoms with Gasteiger partial charge in [-0.05, 0) is 24.3 Å². The molecule has 0 radical (unpaired) electrons. The SMILES string of the molecule is COC(=O)C(N)CCSCC(=O)NC(=O)c1ccc[nH]1. The van der Waals surface area contributed by atoms with Crippen LogP contribution in [0.2, 0.25) is 0 Å². The van der Waals surface area contributed by atoms with Gasteiger partial charge in [-0.2, -0.15) is 11.8 Å². The van der Waals surface area contributed by atoms with Gasteiger partial charge >= 0.3 is 5.97 Å². The number of hydrogen-bond donors (Lipinski definition) is 3. The number of nitrogens with two attached hydrogens (primary N) is 1. The van der Waals surface area contributed by atoms with Crippen molar-refractivity contribution >= 4 is 29.5 Å². The minimum atomic E-state index is -0.684. The van der Waals surface area contributed by atoms with Crippen molar-refractivity contribution in [3.8, 4) is 0 Å². The molecule has 0 spiro atoms. The Balaban J connectivity index is 2.18. The van der Waals surface area contributed by atoms with E-state index < -0.39 is 17.9 Å². The largest absolute Gasteiger partial charge is 0.468 e. The molecular formula is C12H17N3O4S. The molecule has 0 fully saturated rings. The normalized spacial score (nSPS) is 11.7. The van der Waals surface area contributed by atoms with Crippen molar-refractivity contribution in [3.63, 3.8) is 0 Å². The lowest BCUT2D eigenvalue weighted by molar-refractivity contribution is -0.142. The smallest absolute Gasteiger partial charge is 0.322 e. The van der Waals surface area contributed by atoms with Crippen molar-refractivity contribution in [2.75, 3.05) is 18.6 Å². The molecule has 110 valence electrons. The summed E-state index contributed by atoms with van der Waals surface area (Å²) < 4.78 is 4.48. The fraction of sp³-hybridized carbons (Fsp3) is 0.417. The third kappa shape index (κ3) is 5.45. The van der Waals surface area contributed by atoms with E-state index >= 15 is 0 Å². The Morgan fingerprint density at radius 2 is 2.25 bits per heavy atom. The summed E-state index contributed by atoms with van der Waals surface area (Å²) in [5.41, 5.74) is 5.87. The van der Waals surface area contributed by atoms with E-state index in [1.165, 1.54) is 18.9 Å². The molecule has 0 saturated heterocycles. The molecule has 1 unspecified atom stereocenters. The summed E-state index contributed by atoms with van der Waals surface area (Å²) >= 11 is 1.29. The lowest BCUT2D eigenvalue weighted by atomic mass is 10.2. The van der Waals surface area contributed by atoms with Crippen molar-refractivity contribution < 1.29 is 19.1 Å². The summed E-state index contributed by atoms with van der Waals surface area (Å²) in [5.74, 6) is -0.675. The average molecular weight is 299 g/mol. The van der Waals surface area contributed by atoms with E-state index in [-0.39, 0.29) is 11.7 Å². The highest BCUT2D eigenvalue weighted by Crippen LogP contribution is 2.05. The number of methoxy groups -OCH3 is 1. The molecule has 0 aliphatic carbocycles. The Labute approximate surface area is 120 Å². The zero-order chi connectivity index (χ0) is 15.0. The highest BCUT2D eigenvalue weighted by Gasteiger charge is 2.14. The van der Waals surface area contributed by atoms with Crippen LogP contribution in [0.4, 0.5) is 0 Å². The van der Waals surface area contributed by atoms with Crippen LogP contribution in [0.5, 0.6) is 0 Å². The highest BCUT2D eigenvalue weighted by atomic mass is 32.2. The lowest BCUT2D eigenvalue weighted by Crippen LogP contribution is -2.33. The second-order valence-electron chi connectivity index (χ2n) is 3.93. The Bertz CT molecular complexity index is 461. The molecule has 0 aliphatic rings. The quantitative estimate of drug-likeness (QED) is 0.478. The third-order valence-electron chi connectivity index (χ3n) is 2.41. The van der Waals surface area contributed by atoms with Crippen molar-refractivity contribution in [3.05, 3.63) is 24.0 Å². The van der Waals surface area contributed by atoms with Crippen molar-refractivity contribution in [1.29, 1.82) is 0 Å². The minimum Gasteiger partial charge on any atom is -0.468 e. The van der Waals surface area contributed by atoms with Crippen LogP contribution in [-0.2, 0) is 14.3 Å². The number of nitrogens with one attached hydrogen (secondary N) is 2. The predicted molar refractivity (Wildman–Crippen MR) is 75.2 cm³/mol. The van der Waals surface area contributed by atoms with Crippen molar-refractivity contribution in [2.24, 2.45) is 5.73 Å². The number of carbonyl (C=O) groups excluding carboxylic acids is 3. The fourth-order valence-electron chi connectivity index (χ4n) is 1.35. The molecule has 1 atom stereocenters. The summed E-state index contributed by atoms with van der Waals surface area (Å²) in [6.07, 6.45) is 2.01. The maximum Gasteiger partial charge on any atom is 0.322 e. The lowest BCUT2D eigenvalue weighted by Gasteiger charge is -2.08. The van der Waals surface area contributed by atoms with Gasteiger partial charge in [0.05, 0.1) is 12.9 Å². The number of hydrogen-bond acceptors (Lipinski definition) is 6. The van der Waals surface area contributed by atoms with Crippen LogP contribution in [0, 0.1) is 0 Å². The topological polar surface area (TPSA) is 114 Å². The molecule has 1 heterocycles. The predicted octanol–water partition coefficient (Wildman–Crippen LogP) is -0.105. The van der Waals surface area contributed by atoms with Crippen molar-refractivity contribution in [2.45, 2.75) is 12.5 Å². The van der Waals surface area contributed by atoms with Gasteiger partial charge in [-0.25, -0.2) is 0 Å². The first-order valence-corrected chi connectivity index (χ1v) is 7.08. The molecule has 2 amide bonds. The van der Waals surface area contributed by atoms with Crippen molar-refractivity contribution in [1.82, 2.24) is 10.3 Å². The van der Waals surface area contributed by atoms with Gasteiger partial charge in [0.25, 0.3) is 5.91 Å². The van der Waals surface area contributed by atoms with Gasteiger partial charge in [0.15, 0.2) is 0 Å². The van der Waals surface area contributed by atoms with E-state index in [4.69, 9.17) is 5.73 Å². The van der Waals surface area contributed by atoms with Gasteiger partial charge in [0, 0.05) is 6.20 Å². The molecule has 0 aliphatic heterocycles. The van der Waals surface area contributed by atoms with Crippen LogP contribution in [0.25, 0.3) is 0 Å². The highest BCUT2D eigenvalue weighted by molar-refractivity contribution is 7.99. The fourth-order valence-corrected chi connectivity index (χ4v) is 2.17. The van der Waals surface area contributed by atoms with Gasteiger partial charge < -0.3 is 15.5 Å². The standard InChI is InChI=1S/C12H17N3O4S/c1-19-12(18)8(13)4-6-20-7-10(16)15-11(17)9-3-2-5-14-9/h2-3,5,8,14H,4,6-7,13H2,1H3,(H,15,16,17). The summed E-state index contributed by atoms with van der Waals surface area (Å²) in [7, 11) is 1.27. The van der Waals surface area contributed by atoms with Crippen LogP contribution in [0.1, 0.15) is 16.9 Å². The number of imide groups is 1. The number of amides is 2. The Morgan fingerprint density at radius 1 is 1.50 bits per heavy atom. The third-order valence-corrected chi connectivity index (χ3v) is 3.40. The number of carbonyl (C=O) groups is 3. The van der Waals surface area contributed by atoms with Gasteiger partial charge in [-0.15, -0.1) is 0 Å². The Morgan fingerprint density at radius 3 is 2.85 bits per heavy atom.